The summed E-state index contributed by atoms with van der Waals surface area (Å²) in [5.41, 5.74) is 0. The van der Waals surface area contributed by atoms with Crippen LogP contribution in [0.15, 0.2) is 0 Å². The number of hydrogen-bond acceptors (Lipinski definition) is 2. The molecule has 1 N–H and O–H groups in total. The molecule has 1 rings (SSSR count). The molecule has 0 spiro atoms. The van der Waals surface area contributed by atoms with Gasteiger partial charge in [0.05, 0.1) is 6.10 Å². The summed E-state index contributed by atoms with van der Waals surface area (Å²) < 4.78 is 5.49. The lowest BCUT2D eigenvalue weighted by atomic mass is 10.1. The van der Waals surface area contributed by atoms with E-state index in [1.54, 1.807) is 0 Å². The Morgan fingerprint density at radius 2 is 2.31 bits per heavy atom. The number of rotatable bonds is 3. The van der Waals surface area contributed by atoms with Crippen LogP contribution >= 0.6 is 0 Å². The Bertz CT molecular complexity index is 162. The van der Waals surface area contributed by atoms with Crippen molar-refractivity contribution in [1.82, 2.24) is 5.32 Å². The minimum atomic E-state index is 0.0728. The van der Waals surface area contributed by atoms with Crippen LogP contribution in [-0.2, 0) is 9.53 Å². The molecule has 0 aliphatic carbocycles. The van der Waals surface area contributed by atoms with Crippen molar-refractivity contribution in [3.8, 4) is 0 Å². The van der Waals surface area contributed by atoms with Gasteiger partial charge in [-0.25, -0.2) is 0 Å². The number of ether oxygens (including phenoxy) is 1. The van der Waals surface area contributed by atoms with Gasteiger partial charge in [0.2, 0.25) is 5.91 Å². The molecule has 3 nitrogen and oxygen atoms in total. The van der Waals surface area contributed by atoms with Crippen molar-refractivity contribution in [2.45, 2.75) is 39.2 Å². The molecule has 3 heteroatoms. The molecule has 1 saturated heterocycles. The van der Waals surface area contributed by atoms with Crippen LogP contribution in [0.2, 0.25) is 0 Å². The molecule has 0 aromatic carbocycles. The predicted molar refractivity (Wildman–Crippen MR) is 51.4 cm³/mol. The Hall–Kier alpha value is -0.570. The monoisotopic (exact) mass is 185 g/mol. The van der Waals surface area contributed by atoms with Crippen molar-refractivity contribution in [2.24, 2.45) is 5.92 Å². The van der Waals surface area contributed by atoms with Crippen LogP contribution in [0.4, 0.5) is 0 Å². The highest BCUT2D eigenvalue weighted by Crippen LogP contribution is 2.11. The fraction of sp³-hybridized carbons (Fsp3) is 0.900. The average molecular weight is 185 g/mol. The fourth-order valence-electron chi connectivity index (χ4n) is 1.39. The average Bonchev–Trinajstić information content (AvgIpc) is 2.15. The lowest BCUT2D eigenvalue weighted by Crippen LogP contribution is -2.37. The second-order valence-corrected chi connectivity index (χ2v) is 3.89. The third-order valence-electron chi connectivity index (χ3n) is 2.30. The minimum Gasteiger partial charge on any atom is -0.376 e. The van der Waals surface area contributed by atoms with E-state index < -0.39 is 0 Å². The Balaban J connectivity index is 2.13. The fourth-order valence-corrected chi connectivity index (χ4v) is 1.39. The standard InChI is InChI=1S/C10H19NO2/c1-8(2)10(12)11-7-9-5-3-4-6-13-9/h8-9H,3-7H2,1-2H3,(H,11,12)/t9-/m0/s1. The number of nitrogens with one attached hydrogen (secondary N) is 1. The van der Waals surface area contributed by atoms with Crippen LogP contribution in [0.25, 0.3) is 0 Å². The lowest BCUT2D eigenvalue weighted by molar-refractivity contribution is -0.124. The first-order valence-corrected chi connectivity index (χ1v) is 5.09. The molecule has 0 unspecified atom stereocenters. The molecule has 1 aliphatic heterocycles. The van der Waals surface area contributed by atoms with E-state index in [4.69, 9.17) is 4.74 Å². The first kappa shape index (κ1) is 10.5. The van der Waals surface area contributed by atoms with E-state index in [1.807, 2.05) is 13.8 Å². The van der Waals surface area contributed by atoms with Gasteiger partial charge >= 0.3 is 0 Å². The quantitative estimate of drug-likeness (QED) is 0.720. The maximum absolute atomic E-state index is 11.2. The molecule has 0 radical (unpaired) electrons. The predicted octanol–water partition coefficient (Wildman–Crippen LogP) is 1.33. The van der Waals surface area contributed by atoms with Crippen molar-refractivity contribution in [1.29, 1.82) is 0 Å². The van der Waals surface area contributed by atoms with E-state index in [1.165, 1.54) is 6.42 Å². The van der Waals surface area contributed by atoms with Gasteiger partial charge in [-0.2, -0.15) is 0 Å². The summed E-state index contributed by atoms with van der Waals surface area (Å²) in [6.45, 7) is 5.33. The molecular formula is C10H19NO2. The summed E-state index contributed by atoms with van der Waals surface area (Å²) in [7, 11) is 0. The Kier molecular flexibility index (Phi) is 4.22. The van der Waals surface area contributed by atoms with E-state index in [9.17, 15) is 4.79 Å². The van der Waals surface area contributed by atoms with Gasteiger partial charge in [0.15, 0.2) is 0 Å². The van der Waals surface area contributed by atoms with Crippen LogP contribution in [0, 0.1) is 5.92 Å². The maximum atomic E-state index is 11.2. The van der Waals surface area contributed by atoms with Gasteiger partial charge in [0.1, 0.15) is 0 Å². The summed E-state index contributed by atoms with van der Waals surface area (Å²) >= 11 is 0. The van der Waals surface area contributed by atoms with Crippen LogP contribution in [0.5, 0.6) is 0 Å². The molecule has 0 bridgehead atoms. The first-order chi connectivity index (χ1) is 6.20. The molecule has 0 aromatic heterocycles. The molecule has 1 heterocycles. The molecule has 13 heavy (non-hydrogen) atoms. The molecule has 0 saturated carbocycles. The number of carbonyl (C=O) groups is 1. The maximum Gasteiger partial charge on any atom is 0.222 e. The second kappa shape index (κ2) is 5.22. The van der Waals surface area contributed by atoms with Crippen LogP contribution < -0.4 is 5.32 Å². The summed E-state index contributed by atoms with van der Waals surface area (Å²) in [6.07, 6.45) is 3.71. The van der Waals surface area contributed by atoms with Crippen molar-refractivity contribution in [3.63, 3.8) is 0 Å². The smallest absolute Gasteiger partial charge is 0.222 e. The lowest BCUT2D eigenvalue weighted by Gasteiger charge is -2.23. The topological polar surface area (TPSA) is 38.3 Å². The highest BCUT2D eigenvalue weighted by molar-refractivity contribution is 5.77. The van der Waals surface area contributed by atoms with Crippen molar-refractivity contribution >= 4 is 5.91 Å². The van der Waals surface area contributed by atoms with E-state index in [0.717, 1.165) is 19.4 Å². The van der Waals surface area contributed by atoms with E-state index in [2.05, 4.69) is 5.32 Å². The molecule has 76 valence electrons. The van der Waals surface area contributed by atoms with Gasteiger partial charge in [-0.3, -0.25) is 4.79 Å². The number of carbonyl (C=O) groups excluding carboxylic acids is 1. The zero-order valence-corrected chi connectivity index (χ0v) is 8.51. The zero-order chi connectivity index (χ0) is 9.68. The van der Waals surface area contributed by atoms with Crippen LogP contribution in [0.1, 0.15) is 33.1 Å². The molecule has 1 amide bonds. The molecule has 1 aliphatic rings. The van der Waals surface area contributed by atoms with Gasteiger partial charge in [-0.05, 0) is 19.3 Å². The summed E-state index contributed by atoms with van der Waals surface area (Å²) in [4.78, 5) is 11.2. The summed E-state index contributed by atoms with van der Waals surface area (Å²) in [5.74, 6) is 0.192. The van der Waals surface area contributed by atoms with Crippen molar-refractivity contribution in [3.05, 3.63) is 0 Å². The first-order valence-electron chi connectivity index (χ1n) is 5.09. The van der Waals surface area contributed by atoms with E-state index >= 15 is 0 Å². The molecule has 0 aromatic rings. The zero-order valence-electron chi connectivity index (χ0n) is 8.51. The van der Waals surface area contributed by atoms with Crippen molar-refractivity contribution in [2.75, 3.05) is 13.2 Å². The Labute approximate surface area is 79.8 Å². The summed E-state index contributed by atoms with van der Waals surface area (Å²) in [5, 5.41) is 2.89. The molecular weight excluding hydrogens is 166 g/mol. The third-order valence-corrected chi connectivity index (χ3v) is 2.30. The summed E-state index contributed by atoms with van der Waals surface area (Å²) in [6, 6.07) is 0. The molecule has 1 fully saturated rings. The Morgan fingerprint density at radius 1 is 1.54 bits per heavy atom. The number of hydrogen-bond donors (Lipinski definition) is 1. The van der Waals surface area contributed by atoms with Gasteiger partial charge < -0.3 is 10.1 Å². The normalized spacial score (nSPS) is 23.2. The minimum absolute atomic E-state index is 0.0728. The highest BCUT2D eigenvalue weighted by atomic mass is 16.5. The number of amides is 1. The van der Waals surface area contributed by atoms with Gasteiger partial charge in [-0.15, -0.1) is 0 Å². The van der Waals surface area contributed by atoms with Gasteiger partial charge in [0.25, 0.3) is 0 Å². The Morgan fingerprint density at radius 3 is 2.85 bits per heavy atom. The van der Waals surface area contributed by atoms with E-state index in [-0.39, 0.29) is 17.9 Å². The third kappa shape index (κ3) is 3.77. The molecule has 1 atom stereocenters. The van der Waals surface area contributed by atoms with Crippen LogP contribution in [-0.4, -0.2) is 25.2 Å². The second-order valence-electron chi connectivity index (χ2n) is 3.89. The van der Waals surface area contributed by atoms with Gasteiger partial charge in [-0.1, -0.05) is 13.8 Å². The van der Waals surface area contributed by atoms with Crippen LogP contribution in [0.3, 0.4) is 0 Å². The largest absolute Gasteiger partial charge is 0.376 e. The van der Waals surface area contributed by atoms with Gasteiger partial charge in [0, 0.05) is 19.1 Å². The highest BCUT2D eigenvalue weighted by Gasteiger charge is 2.15. The van der Waals surface area contributed by atoms with Crippen molar-refractivity contribution < 1.29 is 9.53 Å². The SMILES string of the molecule is CC(C)C(=O)NC[C@@H]1CCCCO1. The van der Waals surface area contributed by atoms with E-state index in [0.29, 0.717) is 6.54 Å².